The zero-order chi connectivity index (χ0) is 19.1. The number of hydrogen-bond donors (Lipinski definition) is 4. The summed E-state index contributed by atoms with van der Waals surface area (Å²) in [5.41, 5.74) is 1.77. The average molecular weight is 368 g/mol. The van der Waals surface area contributed by atoms with Gasteiger partial charge in [0, 0.05) is 25.9 Å². The van der Waals surface area contributed by atoms with Gasteiger partial charge in [-0.1, -0.05) is 37.3 Å². The molecule has 0 spiro atoms. The summed E-state index contributed by atoms with van der Waals surface area (Å²) in [5, 5.41) is 16.6. The lowest BCUT2D eigenvalue weighted by Crippen LogP contribution is -2.35. The van der Waals surface area contributed by atoms with Crippen LogP contribution in [0, 0.1) is 0 Å². The van der Waals surface area contributed by atoms with Crippen molar-refractivity contribution in [2.75, 3.05) is 30.9 Å². The largest absolute Gasteiger partial charge is 0.379 e. The van der Waals surface area contributed by atoms with Gasteiger partial charge < -0.3 is 15.4 Å². The molecule has 0 aliphatic heterocycles. The van der Waals surface area contributed by atoms with Crippen LogP contribution in [0.4, 0.5) is 16.4 Å². The number of aromatic amines is 1. The lowest BCUT2D eigenvalue weighted by molar-refractivity contribution is 0.114. The van der Waals surface area contributed by atoms with E-state index in [4.69, 9.17) is 4.74 Å². The van der Waals surface area contributed by atoms with Gasteiger partial charge >= 0.3 is 6.03 Å². The summed E-state index contributed by atoms with van der Waals surface area (Å²) >= 11 is 0. The fourth-order valence-corrected chi connectivity index (χ4v) is 2.73. The number of amides is 2. The van der Waals surface area contributed by atoms with Gasteiger partial charge in [0.1, 0.15) is 5.82 Å². The van der Waals surface area contributed by atoms with Crippen LogP contribution < -0.4 is 16.0 Å². The Morgan fingerprint density at radius 3 is 2.85 bits per heavy atom. The van der Waals surface area contributed by atoms with E-state index in [1.54, 1.807) is 19.3 Å². The van der Waals surface area contributed by atoms with Gasteiger partial charge in [-0.15, -0.1) is 0 Å². The molecule has 3 rings (SSSR count). The van der Waals surface area contributed by atoms with Crippen molar-refractivity contribution in [1.82, 2.24) is 20.5 Å². The van der Waals surface area contributed by atoms with Crippen LogP contribution in [0.1, 0.15) is 24.9 Å². The Morgan fingerprint density at radius 2 is 2.11 bits per heavy atom. The summed E-state index contributed by atoms with van der Waals surface area (Å²) < 4.78 is 5.64. The SMILES string of the molecule is CCCOC[C@@H](NC(=O)Nc1cc2[nH]nc(NC)c2cn1)c1ccccc1. The molecule has 4 N–H and O–H groups in total. The molecule has 2 heterocycles. The van der Waals surface area contributed by atoms with Gasteiger partial charge in [0.15, 0.2) is 5.82 Å². The quantitative estimate of drug-likeness (QED) is 0.457. The van der Waals surface area contributed by atoms with Crippen LogP contribution in [0.2, 0.25) is 0 Å². The van der Waals surface area contributed by atoms with E-state index >= 15 is 0 Å². The fourth-order valence-electron chi connectivity index (χ4n) is 2.73. The van der Waals surface area contributed by atoms with Crippen LogP contribution in [0.15, 0.2) is 42.6 Å². The molecule has 0 radical (unpaired) electrons. The zero-order valence-corrected chi connectivity index (χ0v) is 15.5. The highest BCUT2D eigenvalue weighted by Gasteiger charge is 2.15. The first-order valence-corrected chi connectivity index (χ1v) is 8.93. The zero-order valence-electron chi connectivity index (χ0n) is 15.5. The van der Waals surface area contributed by atoms with Crippen LogP contribution in [0.5, 0.6) is 0 Å². The van der Waals surface area contributed by atoms with E-state index in [0.29, 0.717) is 24.8 Å². The molecule has 0 fully saturated rings. The summed E-state index contributed by atoms with van der Waals surface area (Å²) in [6.07, 6.45) is 2.59. The number of fused-ring (bicyclic) bond motifs is 1. The van der Waals surface area contributed by atoms with Crippen molar-refractivity contribution in [3.63, 3.8) is 0 Å². The second kappa shape index (κ2) is 9.00. The number of pyridine rings is 1. The normalized spacial score (nSPS) is 11.9. The van der Waals surface area contributed by atoms with Crippen molar-refractivity contribution in [2.45, 2.75) is 19.4 Å². The highest BCUT2D eigenvalue weighted by Crippen LogP contribution is 2.21. The van der Waals surface area contributed by atoms with Crippen molar-refractivity contribution >= 4 is 28.6 Å². The van der Waals surface area contributed by atoms with Gasteiger partial charge in [-0.25, -0.2) is 9.78 Å². The van der Waals surface area contributed by atoms with Crippen LogP contribution in [-0.4, -0.2) is 41.5 Å². The van der Waals surface area contributed by atoms with Crippen LogP contribution in [0.25, 0.3) is 10.9 Å². The number of anilines is 2. The Kier molecular flexibility index (Phi) is 6.22. The summed E-state index contributed by atoms with van der Waals surface area (Å²) in [4.78, 5) is 16.8. The van der Waals surface area contributed by atoms with Gasteiger partial charge in [0.25, 0.3) is 0 Å². The lowest BCUT2D eigenvalue weighted by atomic mass is 10.1. The Bertz CT molecular complexity index is 880. The molecule has 0 saturated carbocycles. The smallest absolute Gasteiger partial charge is 0.320 e. The highest BCUT2D eigenvalue weighted by molar-refractivity contribution is 5.94. The molecule has 1 atom stereocenters. The Morgan fingerprint density at radius 1 is 1.30 bits per heavy atom. The molecule has 0 bridgehead atoms. The summed E-state index contributed by atoms with van der Waals surface area (Å²) in [5.74, 6) is 1.15. The minimum absolute atomic E-state index is 0.246. The van der Waals surface area contributed by atoms with E-state index in [-0.39, 0.29) is 12.1 Å². The minimum Gasteiger partial charge on any atom is -0.379 e. The first-order chi connectivity index (χ1) is 13.2. The third kappa shape index (κ3) is 4.73. The predicted octanol–water partition coefficient (Wildman–Crippen LogP) is 3.29. The molecule has 142 valence electrons. The summed E-state index contributed by atoms with van der Waals surface area (Å²) in [7, 11) is 1.79. The van der Waals surface area contributed by atoms with Crippen molar-refractivity contribution in [1.29, 1.82) is 0 Å². The van der Waals surface area contributed by atoms with Crippen molar-refractivity contribution in [2.24, 2.45) is 0 Å². The number of carbonyl (C=O) groups is 1. The molecule has 27 heavy (non-hydrogen) atoms. The minimum atomic E-state index is -0.343. The van der Waals surface area contributed by atoms with E-state index < -0.39 is 0 Å². The van der Waals surface area contributed by atoms with E-state index in [1.807, 2.05) is 30.3 Å². The number of rotatable bonds is 8. The third-order valence-electron chi connectivity index (χ3n) is 4.07. The molecule has 0 aliphatic rings. The molecule has 0 saturated heterocycles. The number of hydrogen-bond acceptors (Lipinski definition) is 5. The molecule has 1 aromatic carbocycles. The topological polar surface area (TPSA) is 104 Å². The van der Waals surface area contributed by atoms with Crippen LogP contribution >= 0.6 is 0 Å². The maximum atomic E-state index is 12.5. The van der Waals surface area contributed by atoms with Crippen molar-refractivity contribution in [3.8, 4) is 0 Å². The molecule has 8 heteroatoms. The molecule has 0 unspecified atom stereocenters. The highest BCUT2D eigenvalue weighted by atomic mass is 16.5. The van der Waals surface area contributed by atoms with Crippen molar-refractivity contribution < 1.29 is 9.53 Å². The van der Waals surface area contributed by atoms with Crippen molar-refractivity contribution in [3.05, 3.63) is 48.2 Å². The van der Waals surface area contributed by atoms with Crippen LogP contribution in [-0.2, 0) is 4.74 Å². The molecule has 0 aliphatic carbocycles. The van der Waals surface area contributed by atoms with E-state index in [1.165, 1.54) is 0 Å². The molecular weight excluding hydrogens is 344 g/mol. The predicted molar refractivity (Wildman–Crippen MR) is 106 cm³/mol. The number of carbonyl (C=O) groups excluding carboxylic acids is 1. The second-order valence-electron chi connectivity index (χ2n) is 6.07. The van der Waals surface area contributed by atoms with Crippen LogP contribution in [0.3, 0.4) is 0 Å². The first kappa shape index (κ1) is 18.7. The monoisotopic (exact) mass is 368 g/mol. The fraction of sp³-hybridized carbons (Fsp3) is 0.316. The van der Waals surface area contributed by atoms with Gasteiger partial charge in [-0.3, -0.25) is 10.4 Å². The molecular formula is C19H24N6O2. The maximum absolute atomic E-state index is 12.5. The molecule has 3 aromatic rings. The Balaban J connectivity index is 1.68. The van der Waals surface area contributed by atoms with E-state index in [9.17, 15) is 4.79 Å². The molecule has 2 aromatic heterocycles. The number of urea groups is 1. The standard InChI is InChI=1S/C19H24N6O2/c1-3-9-27-12-16(13-7-5-4-6-8-13)22-19(26)23-17-10-15-14(11-21-17)18(20-2)25-24-15/h4-8,10-11,16H,3,9,12H2,1-2H3,(H2,20,24,25)(H2,21,22,23,26)/t16-/m1/s1. The summed E-state index contributed by atoms with van der Waals surface area (Å²) in [6, 6.07) is 10.9. The molecule has 2 amide bonds. The van der Waals surface area contributed by atoms with Gasteiger partial charge in [-0.05, 0) is 12.0 Å². The number of nitrogens with zero attached hydrogens (tertiary/aromatic N) is 2. The number of nitrogens with one attached hydrogen (secondary N) is 4. The molecule has 8 nitrogen and oxygen atoms in total. The van der Waals surface area contributed by atoms with E-state index in [0.717, 1.165) is 22.9 Å². The van der Waals surface area contributed by atoms with Gasteiger partial charge in [0.2, 0.25) is 0 Å². The van der Waals surface area contributed by atoms with Gasteiger partial charge in [0.05, 0.1) is 23.6 Å². The average Bonchev–Trinajstić information content (AvgIpc) is 3.10. The number of benzene rings is 1. The Labute approximate surface area is 157 Å². The number of H-pyrrole nitrogens is 1. The third-order valence-corrected chi connectivity index (χ3v) is 4.07. The number of aromatic nitrogens is 3. The van der Waals surface area contributed by atoms with Gasteiger partial charge in [-0.2, -0.15) is 5.10 Å². The summed E-state index contributed by atoms with van der Waals surface area (Å²) in [6.45, 7) is 3.11. The number of ether oxygens (including phenoxy) is 1. The maximum Gasteiger partial charge on any atom is 0.320 e. The van der Waals surface area contributed by atoms with E-state index in [2.05, 4.69) is 38.1 Å². The Hall–Kier alpha value is -3.13. The second-order valence-corrected chi connectivity index (χ2v) is 6.07. The first-order valence-electron chi connectivity index (χ1n) is 8.93. The lowest BCUT2D eigenvalue weighted by Gasteiger charge is -2.19.